The molecule has 9 heteroatoms. The minimum absolute atomic E-state index is 0.0506. The summed E-state index contributed by atoms with van der Waals surface area (Å²) in [6.45, 7) is 3.46. The first-order valence-electron chi connectivity index (χ1n) is 9.81. The van der Waals surface area contributed by atoms with E-state index in [4.69, 9.17) is 5.11 Å². The zero-order chi connectivity index (χ0) is 23.2. The molecule has 0 aromatic rings. The maximum atomic E-state index is 12.7. The van der Waals surface area contributed by atoms with Crippen LogP contribution in [0, 0.1) is 5.41 Å². The quantitative estimate of drug-likeness (QED) is 0.268. The molecule has 2 atom stereocenters. The van der Waals surface area contributed by atoms with Crippen molar-refractivity contribution in [2.24, 2.45) is 5.41 Å². The molecule has 0 radical (unpaired) electrons. The number of halogens is 6. The highest BCUT2D eigenvalue weighted by molar-refractivity contribution is 5.16. The van der Waals surface area contributed by atoms with E-state index in [1.807, 2.05) is 18.2 Å². The smallest absolute Gasteiger partial charge is 0.393 e. The van der Waals surface area contributed by atoms with E-state index in [1.165, 1.54) is 0 Å². The lowest BCUT2D eigenvalue weighted by Crippen LogP contribution is -2.55. The molecule has 3 nitrogen and oxygen atoms in total. The summed E-state index contributed by atoms with van der Waals surface area (Å²) in [6, 6.07) is 0. The van der Waals surface area contributed by atoms with Gasteiger partial charge in [-0.05, 0) is 56.4 Å². The second-order valence-electron chi connectivity index (χ2n) is 8.63. The molecular weight excluding hydrogens is 414 g/mol. The van der Waals surface area contributed by atoms with E-state index in [0.717, 1.165) is 11.6 Å². The van der Waals surface area contributed by atoms with Crippen LogP contribution < -0.4 is 0 Å². The predicted octanol–water partition coefficient (Wildman–Crippen LogP) is 5.37. The van der Waals surface area contributed by atoms with Crippen molar-refractivity contribution in [1.29, 1.82) is 0 Å². The summed E-state index contributed by atoms with van der Waals surface area (Å²) in [6.07, 6.45) is -3.47. The molecule has 0 aliphatic heterocycles. The Morgan fingerprint density at radius 3 is 1.97 bits per heavy atom. The van der Waals surface area contributed by atoms with Crippen LogP contribution in [0.25, 0.3) is 0 Å². The van der Waals surface area contributed by atoms with Crippen LogP contribution in [0.1, 0.15) is 58.8 Å². The monoisotopic (exact) mass is 444 g/mol. The molecule has 0 saturated heterocycles. The number of allylic oxidation sites excluding steroid dienone is 4. The molecule has 30 heavy (non-hydrogen) atoms. The third-order valence-electron chi connectivity index (χ3n) is 5.13. The zero-order valence-corrected chi connectivity index (χ0v) is 17.1. The number of aliphatic hydroxyl groups is 3. The van der Waals surface area contributed by atoms with E-state index in [0.29, 0.717) is 38.5 Å². The lowest BCUT2D eigenvalue weighted by Gasteiger charge is -2.30. The Kier molecular flexibility index (Phi) is 9.20. The van der Waals surface area contributed by atoms with E-state index in [2.05, 4.69) is 0 Å². The van der Waals surface area contributed by atoms with Gasteiger partial charge < -0.3 is 15.3 Å². The van der Waals surface area contributed by atoms with Gasteiger partial charge in [-0.1, -0.05) is 43.7 Å². The van der Waals surface area contributed by atoms with Crippen molar-refractivity contribution in [2.45, 2.75) is 89.0 Å². The largest absolute Gasteiger partial charge is 0.429 e. The van der Waals surface area contributed by atoms with Gasteiger partial charge in [-0.3, -0.25) is 0 Å². The van der Waals surface area contributed by atoms with Gasteiger partial charge in [-0.15, -0.1) is 0 Å². The van der Waals surface area contributed by atoms with Crippen LogP contribution in [-0.2, 0) is 0 Å². The number of alkyl halides is 6. The average Bonchev–Trinajstić information content (AvgIpc) is 2.54. The van der Waals surface area contributed by atoms with Gasteiger partial charge in [-0.25, -0.2) is 0 Å². The number of hydrogen-bond donors (Lipinski definition) is 3. The van der Waals surface area contributed by atoms with Gasteiger partial charge in [0.15, 0.2) is 0 Å². The minimum Gasteiger partial charge on any atom is -0.393 e. The van der Waals surface area contributed by atoms with Crippen molar-refractivity contribution in [3.05, 3.63) is 36.0 Å². The van der Waals surface area contributed by atoms with Crippen LogP contribution in [0.3, 0.4) is 0 Å². The predicted molar refractivity (Wildman–Crippen MR) is 102 cm³/mol. The molecule has 0 heterocycles. The van der Waals surface area contributed by atoms with Crippen molar-refractivity contribution in [2.75, 3.05) is 0 Å². The molecule has 1 saturated carbocycles. The summed E-state index contributed by atoms with van der Waals surface area (Å²) >= 11 is 0. The lowest BCUT2D eigenvalue weighted by atomic mass is 9.83. The molecule has 0 amide bonds. The number of unbranched alkanes of at least 4 members (excludes halogenated alkanes) is 1. The van der Waals surface area contributed by atoms with Crippen molar-refractivity contribution < 1.29 is 41.7 Å². The van der Waals surface area contributed by atoms with Crippen molar-refractivity contribution in [1.82, 2.24) is 0 Å². The summed E-state index contributed by atoms with van der Waals surface area (Å²) < 4.78 is 75.9. The Morgan fingerprint density at radius 1 is 0.933 bits per heavy atom. The Hall–Kier alpha value is -1.32. The van der Waals surface area contributed by atoms with Gasteiger partial charge in [0.1, 0.15) is 0 Å². The summed E-state index contributed by atoms with van der Waals surface area (Å²) in [4.78, 5) is 0. The number of hydrogen-bond acceptors (Lipinski definition) is 3. The third-order valence-corrected chi connectivity index (χ3v) is 5.13. The molecule has 0 spiro atoms. The second kappa shape index (κ2) is 10.3. The van der Waals surface area contributed by atoms with E-state index in [9.17, 15) is 36.6 Å². The van der Waals surface area contributed by atoms with Gasteiger partial charge in [0.05, 0.1) is 12.2 Å². The van der Waals surface area contributed by atoms with Crippen LogP contribution in [-0.4, -0.2) is 45.5 Å². The fourth-order valence-corrected chi connectivity index (χ4v) is 3.30. The van der Waals surface area contributed by atoms with Crippen molar-refractivity contribution in [3.8, 4) is 0 Å². The lowest BCUT2D eigenvalue weighted by molar-refractivity contribution is -0.347. The van der Waals surface area contributed by atoms with Gasteiger partial charge in [0.25, 0.3) is 5.60 Å². The Bertz CT molecular complexity index is 606. The summed E-state index contributed by atoms with van der Waals surface area (Å²) in [5, 5.41) is 28.4. The first kappa shape index (κ1) is 26.7. The van der Waals surface area contributed by atoms with Crippen LogP contribution in [0.2, 0.25) is 0 Å². The summed E-state index contributed by atoms with van der Waals surface area (Å²) in [5.41, 5.74) is -4.45. The molecule has 0 aromatic heterocycles. The van der Waals surface area contributed by atoms with Gasteiger partial charge in [0.2, 0.25) is 0 Å². The summed E-state index contributed by atoms with van der Waals surface area (Å²) in [5.74, 6) is 0. The topological polar surface area (TPSA) is 60.7 Å². The van der Waals surface area contributed by atoms with E-state index in [-0.39, 0.29) is 12.5 Å². The van der Waals surface area contributed by atoms with Crippen LogP contribution in [0.15, 0.2) is 36.0 Å². The molecule has 0 unspecified atom stereocenters. The first-order valence-corrected chi connectivity index (χ1v) is 9.81. The highest BCUT2D eigenvalue weighted by Gasteiger charge is 2.68. The summed E-state index contributed by atoms with van der Waals surface area (Å²) in [7, 11) is 0. The second-order valence-corrected chi connectivity index (χ2v) is 8.63. The van der Waals surface area contributed by atoms with Crippen LogP contribution >= 0.6 is 0 Å². The number of aliphatic hydroxyl groups excluding tert-OH is 2. The average molecular weight is 444 g/mol. The third kappa shape index (κ3) is 8.07. The maximum absolute atomic E-state index is 12.7. The Balaban J connectivity index is 2.51. The van der Waals surface area contributed by atoms with Gasteiger partial charge >= 0.3 is 12.4 Å². The molecule has 1 rings (SSSR count). The standard InChI is InChI=1S/C21H30F6O3/c1-18(2,10-7-11-19(30,20(22,23)24)21(25,26)27)9-6-4-3-5-8-15-12-16(28)14-17(29)13-15/h3,5,7-8,11,16-17,28-30H,4,6,9-10,12-14H2,1-2H3/t16-,17-/m1/s1. The molecule has 3 N–H and O–H groups in total. The molecule has 0 bridgehead atoms. The molecule has 1 aliphatic rings. The zero-order valence-electron chi connectivity index (χ0n) is 17.1. The fraction of sp³-hybridized carbons (Fsp3) is 0.714. The highest BCUT2D eigenvalue weighted by atomic mass is 19.4. The van der Waals surface area contributed by atoms with Crippen molar-refractivity contribution >= 4 is 0 Å². The fourth-order valence-electron chi connectivity index (χ4n) is 3.30. The first-order chi connectivity index (χ1) is 13.6. The van der Waals surface area contributed by atoms with E-state index >= 15 is 0 Å². The molecule has 1 fully saturated rings. The SMILES string of the molecule is CC(C)(CC=CC(O)(C(F)(F)F)C(F)(F)F)CCCC=CC=C1C[C@@H](O)C[C@H](O)C1. The maximum Gasteiger partial charge on any atom is 0.429 e. The minimum atomic E-state index is -5.85. The number of rotatable bonds is 8. The highest BCUT2D eigenvalue weighted by Crippen LogP contribution is 2.44. The normalized spacial score (nSPS) is 22.3. The van der Waals surface area contributed by atoms with Gasteiger partial charge in [-0.2, -0.15) is 26.3 Å². The molecule has 1 aliphatic carbocycles. The van der Waals surface area contributed by atoms with E-state index in [1.54, 1.807) is 13.8 Å². The molecule has 174 valence electrons. The van der Waals surface area contributed by atoms with Crippen LogP contribution in [0.4, 0.5) is 26.3 Å². The molecular formula is C21H30F6O3. The van der Waals surface area contributed by atoms with Crippen molar-refractivity contribution in [3.63, 3.8) is 0 Å². The van der Waals surface area contributed by atoms with Gasteiger partial charge in [0, 0.05) is 0 Å². The molecule has 0 aromatic carbocycles. The van der Waals surface area contributed by atoms with Crippen LogP contribution in [0.5, 0.6) is 0 Å². The Labute approximate surface area is 172 Å². The van der Waals surface area contributed by atoms with E-state index < -0.39 is 35.6 Å². The Morgan fingerprint density at radius 2 is 1.47 bits per heavy atom.